The summed E-state index contributed by atoms with van der Waals surface area (Å²) >= 11 is 0. The van der Waals surface area contributed by atoms with E-state index in [1.54, 1.807) is 24.3 Å². The molecule has 6 nitrogen and oxygen atoms in total. The van der Waals surface area contributed by atoms with Crippen LogP contribution in [0.1, 0.15) is 57.4 Å². The number of carbonyl (C=O) groups excluding carboxylic acids is 1. The highest BCUT2D eigenvalue weighted by atomic mass is 32.2. The molecule has 1 aliphatic heterocycles. The van der Waals surface area contributed by atoms with Gasteiger partial charge in [-0.05, 0) is 31.4 Å². The number of hydrogen-bond acceptors (Lipinski definition) is 4. The summed E-state index contributed by atoms with van der Waals surface area (Å²) in [5.41, 5.74) is 0.540. The minimum Gasteiger partial charge on any atom is -0.352 e. The van der Waals surface area contributed by atoms with Crippen LogP contribution in [0.2, 0.25) is 0 Å². The first-order valence-corrected chi connectivity index (χ1v) is 10.5. The molecule has 1 heterocycles. The third-order valence-electron chi connectivity index (χ3n) is 4.78. The van der Waals surface area contributed by atoms with Crippen LogP contribution in [0.5, 0.6) is 0 Å². The standard InChI is InChI=1S/C18H25N3O3S/c1-2-3-11-15(18(22)19-13-8-4-5-9-13)20-17-14-10-6-7-12-16(14)25(23,24)21-17/h6-7,10,12-13,15H,2-5,8-9,11H2,1H3,(H,19,22)(H,20,21)/t15-/m0/s1. The molecule has 0 unspecified atom stereocenters. The summed E-state index contributed by atoms with van der Waals surface area (Å²) in [6.07, 6.45) is 6.76. The number of nitrogens with zero attached hydrogens (tertiary/aromatic N) is 1. The van der Waals surface area contributed by atoms with E-state index in [0.29, 0.717) is 12.0 Å². The van der Waals surface area contributed by atoms with Gasteiger partial charge in [-0.1, -0.05) is 44.7 Å². The molecule has 136 valence electrons. The fraction of sp³-hybridized carbons (Fsp3) is 0.556. The van der Waals surface area contributed by atoms with Gasteiger partial charge in [0.25, 0.3) is 10.0 Å². The number of amides is 1. The van der Waals surface area contributed by atoms with Gasteiger partial charge in [0.05, 0.1) is 4.90 Å². The summed E-state index contributed by atoms with van der Waals surface area (Å²) in [5, 5.41) is 3.08. The predicted molar refractivity (Wildman–Crippen MR) is 97.0 cm³/mol. The van der Waals surface area contributed by atoms with E-state index in [2.05, 4.69) is 22.0 Å². The lowest BCUT2D eigenvalue weighted by atomic mass is 10.1. The van der Waals surface area contributed by atoms with Crippen LogP contribution < -0.4 is 10.0 Å². The molecule has 2 N–H and O–H groups in total. The first-order chi connectivity index (χ1) is 12.0. The normalized spacial score (nSPS) is 21.7. The highest BCUT2D eigenvalue weighted by Gasteiger charge is 2.32. The summed E-state index contributed by atoms with van der Waals surface area (Å²) in [6.45, 7) is 2.06. The van der Waals surface area contributed by atoms with Gasteiger partial charge in [0.15, 0.2) is 0 Å². The Kier molecular flexibility index (Phi) is 5.42. The molecule has 1 atom stereocenters. The minimum absolute atomic E-state index is 0.101. The van der Waals surface area contributed by atoms with Crippen LogP contribution in [0.4, 0.5) is 0 Å². The minimum atomic E-state index is -3.58. The zero-order valence-electron chi connectivity index (χ0n) is 14.5. The Hall–Kier alpha value is -1.89. The van der Waals surface area contributed by atoms with Crippen LogP contribution >= 0.6 is 0 Å². The Balaban J connectivity index is 1.84. The maximum atomic E-state index is 12.7. The molecule has 0 spiro atoms. The molecule has 0 saturated heterocycles. The van der Waals surface area contributed by atoms with Crippen LogP contribution in [0.25, 0.3) is 0 Å². The second-order valence-corrected chi connectivity index (χ2v) is 8.38. The molecule has 25 heavy (non-hydrogen) atoms. The first kappa shape index (κ1) is 17.9. The molecule has 0 aromatic heterocycles. The Morgan fingerprint density at radius 2 is 2.04 bits per heavy atom. The highest BCUT2D eigenvalue weighted by molar-refractivity contribution is 7.90. The van der Waals surface area contributed by atoms with Crippen molar-refractivity contribution in [3.8, 4) is 0 Å². The molecule has 2 aliphatic rings. The number of carbonyl (C=O) groups is 1. The van der Waals surface area contributed by atoms with Gasteiger partial charge in [-0.15, -0.1) is 0 Å². The largest absolute Gasteiger partial charge is 0.352 e. The van der Waals surface area contributed by atoms with E-state index in [4.69, 9.17) is 0 Å². The van der Waals surface area contributed by atoms with Gasteiger partial charge in [-0.2, -0.15) is 0 Å². The van der Waals surface area contributed by atoms with Gasteiger partial charge >= 0.3 is 0 Å². The van der Waals surface area contributed by atoms with E-state index < -0.39 is 16.1 Å². The van der Waals surface area contributed by atoms with Crippen molar-refractivity contribution in [2.24, 2.45) is 4.99 Å². The van der Waals surface area contributed by atoms with Crippen molar-refractivity contribution in [3.05, 3.63) is 29.8 Å². The van der Waals surface area contributed by atoms with Crippen molar-refractivity contribution in [1.82, 2.24) is 10.0 Å². The molecule has 3 rings (SSSR count). The quantitative estimate of drug-likeness (QED) is 0.813. The van der Waals surface area contributed by atoms with Gasteiger partial charge < -0.3 is 5.32 Å². The highest BCUT2D eigenvalue weighted by Crippen LogP contribution is 2.23. The van der Waals surface area contributed by atoms with Crippen LogP contribution in [-0.4, -0.2) is 32.2 Å². The van der Waals surface area contributed by atoms with Crippen molar-refractivity contribution >= 4 is 21.8 Å². The molecule has 0 bridgehead atoms. The SMILES string of the molecule is CCCC[C@H](N=C1NS(=O)(=O)c2ccccc21)C(=O)NC1CCCC1. The number of unbranched alkanes of at least 4 members (excludes halogenated alkanes) is 1. The smallest absolute Gasteiger partial charge is 0.263 e. The van der Waals surface area contributed by atoms with E-state index in [1.807, 2.05) is 0 Å². The summed E-state index contributed by atoms with van der Waals surface area (Å²) < 4.78 is 26.9. The number of amidine groups is 1. The van der Waals surface area contributed by atoms with Crippen molar-refractivity contribution in [3.63, 3.8) is 0 Å². The number of sulfonamides is 1. The Bertz CT molecular complexity index is 768. The molecule has 1 aliphatic carbocycles. The zero-order valence-corrected chi connectivity index (χ0v) is 15.3. The number of aliphatic imine (C=N–C) groups is 1. The second-order valence-electron chi connectivity index (χ2n) is 6.73. The first-order valence-electron chi connectivity index (χ1n) is 9.01. The van der Waals surface area contributed by atoms with Crippen LogP contribution in [0.15, 0.2) is 34.2 Å². The molecule has 1 amide bonds. The summed E-state index contributed by atoms with van der Waals surface area (Å²) in [5.74, 6) is 0.176. The number of nitrogens with one attached hydrogen (secondary N) is 2. The molecular formula is C18H25N3O3S. The molecule has 0 radical (unpaired) electrons. The second kappa shape index (κ2) is 7.56. The molecule has 1 fully saturated rings. The van der Waals surface area contributed by atoms with E-state index in [1.165, 1.54) is 0 Å². The van der Waals surface area contributed by atoms with Crippen molar-refractivity contribution in [1.29, 1.82) is 0 Å². The molecule has 1 aromatic rings. The maximum absolute atomic E-state index is 12.7. The maximum Gasteiger partial charge on any atom is 0.263 e. The third-order valence-corrected chi connectivity index (χ3v) is 6.18. The average Bonchev–Trinajstić information content (AvgIpc) is 3.18. The van der Waals surface area contributed by atoms with Crippen molar-refractivity contribution in [2.75, 3.05) is 0 Å². The summed E-state index contributed by atoms with van der Waals surface area (Å²) in [7, 11) is -3.58. The lowest BCUT2D eigenvalue weighted by molar-refractivity contribution is -0.123. The van der Waals surface area contributed by atoms with E-state index in [-0.39, 0.29) is 22.7 Å². The number of benzene rings is 1. The molecule has 1 aromatic carbocycles. The van der Waals surface area contributed by atoms with E-state index in [9.17, 15) is 13.2 Å². The fourth-order valence-electron chi connectivity index (χ4n) is 3.40. The van der Waals surface area contributed by atoms with Gasteiger partial charge in [-0.25, -0.2) is 8.42 Å². The van der Waals surface area contributed by atoms with Crippen molar-refractivity contribution in [2.45, 2.75) is 68.8 Å². The summed E-state index contributed by atoms with van der Waals surface area (Å²) in [6, 6.07) is 6.39. The van der Waals surface area contributed by atoms with Gasteiger partial charge in [0.2, 0.25) is 5.91 Å². The Morgan fingerprint density at radius 1 is 1.32 bits per heavy atom. The molecule has 1 saturated carbocycles. The van der Waals surface area contributed by atoms with Crippen LogP contribution in [-0.2, 0) is 14.8 Å². The Morgan fingerprint density at radius 3 is 2.76 bits per heavy atom. The van der Waals surface area contributed by atoms with E-state index in [0.717, 1.165) is 38.5 Å². The third kappa shape index (κ3) is 4.03. The predicted octanol–water partition coefficient (Wildman–Crippen LogP) is 2.34. The molecular weight excluding hydrogens is 338 g/mol. The number of fused-ring (bicyclic) bond motifs is 1. The zero-order chi connectivity index (χ0) is 17.9. The Labute approximate surface area is 149 Å². The van der Waals surface area contributed by atoms with Gasteiger partial charge in [0, 0.05) is 11.6 Å². The monoisotopic (exact) mass is 363 g/mol. The lowest BCUT2D eigenvalue weighted by Gasteiger charge is -2.17. The number of hydrogen-bond donors (Lipinski definition) is 2. The fourth-order valence-corrected chi connectivity index (χ4v) is 4.64. The van der Waals surface area contributed by atoms with Crippen LogP contribution in [0, 0.1) is 0 Å². The average molecular weight is 363 g/mol. The van der Waals surface area contributed by atoms with Crippen LogP contribution in [0.3, 0.4) is 0 Å². The molecule has 7 heteroatoms. The van der Waals surface area contributed by atoms with E-state index >= 15 is 0 Å². The summed E-state index contributed by atoms with van der Waals surface area (Å²) in [4.78, 5) is 17.4. The topological polar surface area (TPSA) is 87.6 Å². The van der Waals surface area contributed by atoms with Gasteiger partial charge in [-0.3, -0.25) is 14.5 Å². The number of rotatable bonds is 6. The van der Waals surface area contributed by atoms with Gasteiger partial charge in [0.1, 0.15) is 11.9 Å². The lowest BCUT2D eigenvalue weighted by Crippen LogP contribution is -2.40. The van der Waals surface area contributed by atoms with Crippen molar-refractivity contribution < 1.29 is 13.2 Å².